The molecule has 0 atom stereocenters. The van der Waals surface area contributed by atoms with E-state index in [9.17, 15) is 0 Å². The molecular formula is C41H27N3. The number of hydrogen-bond acceptors (Lipinski definition) is 1. The summed E-state index contributed by atoms with van der Waals surface area (Å²) in [6.07, 6.45) is 0. The van der Waals surface area contributed by atoms with Crippen LogP contribution in [0.2, 0.25) is 0 Å². The average Bonchev–Trinajstić information content (AvgIpc) is 3.62. The van der Waals surface area contributed by atoms with Crippen LogP contribution in [0, 0.1) is 0 Å². The summed E-state index contributed by atoms with van der Waals surface area (Å²) >= 11 is 0. The smallest absolute Gasteiger partial charge is 0.138 e. The molecule has 3 heteroatoms. The summed E-state index contributed by atoms with van der Waals surface area (Å²) in [7, 11) is 0. The van der Waals surface area contributed by atoms with Crippen LogP contribution in [-0.2, 0) is 0 Å². The molecule has 3 aromatic heterocycles. The average molecular weight is 562 g/mol. The Bertz CT molecular complexity index is 2480. The molecule has 0 spiro atoms. The molecule has 0 aliphatic carbocycles. The number of fused-ring (bicyclic) bond motifs is 7. The molecule has 0 saturated carbocycles. The molecule has 0 N–H and O–H groups in total. The molecule has 0 saturated heterocycles. The van der Waals surface area contributed by atoms with Gasteiger partial charge in [0.2, 0.25) is 0 Å². The van der Waals surface area contributed by atoms with Crippen LogP contribution in [0.3, 0.4) is 0 Å². The Morgan fingerprint density at radius 3 is 1.82 bits per heavy atom. The minimum Gasteiger partial charge on any atom is -0.309 e. The van der Waals surface area contributed by atoms with E-state index in [1.165, 1.54) is 43.7 Å². The Labute approximate surface area is 254 Å². The van der Waals surface area contributed by atoms with E-state index < -0.39 is 0 Å². The zero-order valence-electron chi connectivity index (χ0n) is 23.9. The van der Waals surface area contributed by atoms with Gasteiger partial charge in [-0.25, -0.2) is 4.98 Å². The van der Waals surface area contributed by atoms with E-state index in [0.717, 1.165) is 33.8 Å². The second-order valence-electron chi connectivity index (χ2n) is 11.2. The SMILES string of the molecule is c1ccc(-c2cccc(-n3c4ccccc4c4ccc5c(c6ccccc6n5-c5cccc(-c6ccccc6)n5)c43)c2)cc1. The van der Waals surface area contributed by atoms with Gasteiger partial charge < -0.3 is 4.57 Å². The van der Waals surface area contributed by atoms with E-state index >= 15 is 0 Å². The first kappa shape index (κ1) is 24.6. The zero-order valence-corrected chi connectivity index (χ0v) is 23.9. The first-order valence-electron chi connectivity index (χ1n) is 15.0. The Morgan fingerprint density at radius 2 is 1.02 bits per heavy atom. The van der Waals surface area contributed by atoms with Gasteiger partial charge in [-0.15, -0.1) is 0 Å². The topological polar surface area (TPSA) is 22.8 Å². The van der Waals surface area contributed by atoms with E-state index in [0.29, 0.717) is 0 Å². The lowest BCUT2D eigenvalue weighted by Gasteiger charge is -2.12. The molecule has 9 aromatic rings. The predicted molar refractivity (Wildman–Crippen MR) is 184 cm³/mol. The lowest BCUT2D eigenvalue weighted by Crippen LogP contribution is -1.98. The summed E-state index contributed by atoms with van der Waals surface area (Å²) in [4.78, 5) is 5.19. The molecule has 0 amide bonds. The number of nitrogens with zero attached hydrogens (tertiary/aromatic N) is 3. The van der Waals surface area contributed by atoms with Gasteiger partial charge in [0.05, 0.1) is 27.8 Å². The monoisotopic (exact) mass is 561 g/mol. The van der Waals surface area contributed by atoms with E-state index in [2.05, 4.69) is 167 Å². The Balaban J connectivity index is 1.39. The number of hydrogen-bond donors (Lipinski definition) is 0. The molecule has 3 nitrogen and oxygen atoms in total. The fourth-order valence-corrected chi connectivity index (χ4v) is 6.80. The van der Waals surface area contributed by atoms with Crippen LogP contribution >= 0.6 is 0 Å². The quantitative estimate of drug-likeness (QED) is 0.210. The van der Waals surface area contributed by atoms with Crippen LogP contribution in [0.25, 0.3) is 77.5 Å². The number of aromatic nitrogens is 3. The molecule has 9 rings (SSSR count). The maximum absolute atomic E-state index is 5.19. The minimum atomic E-state index is 0.908. The maximum Gasteiger partial charge on any atom is 0.138 e. The first-order valence-corrected chi connectivity index (χ1v) is 15.0. The van der Waals surface area contributed by atoms with Crippen molar-refractivity contribution in [3.05, 3.63) is 164 Å². The molecular weight excluding hydrogens is 534 g/mol. The van der Waals surface area contributed by atoms with E-state index in [-0.39, 0.29) is 0 Å². The Hall–Kier alpha value is -5.93. The van der Waals surface area contributed by atoms with Crippen LogP contribution in [0.15, 0.2) is 164 Å². The van der Waals surface area contributed by atoms with Gasteiger partial charge in [0.25, 0.3) is 0 Å². The van der Waals surface area contributed by atoms with Gasteiger partial charge in [-0.1, -0.05) is 121 Å². The highest BCUT2D eigenvalue weighted by Crippen LogP contribution is 2.42. The molecule has 0 radical (unpaired) electrons. The summed E-state index contributed by atoms with van der Waals surface area (Å²) in [6, 6.07) is 58.2. The molecule has 0 aliphatic rings. The van der Waals surface area contributed by atoms with Crippen molar-refractivity contribution in [2.75, 3.05) is 0 Å². The van der Waals surface area contributed by atoms with Gasteiger partial charge in [-0.3, -0.25) is 4.57 Å². The van der Waals surface area contributed by atoms with Crippen molar-refractivity contribution in [1.29, 1.82) is 0 Å². The summed E-state index contributed by atoms with van der Waals surface area (Å²) in [5.41, 5.74) is 10.3. The highest BCUT2D eigenvalue weighted by atomic mass is 15.1. The highest BCUT2D eigenvalue weighted by molar-refractivity contribution is 6.26. The van der Waals surface area contributed by atoms with Crippen LogP contribution < -0.4 is 0 Å². The van der Waals surface area contributed by atoms with Gasteiger partial charge >= 0.3 is 0 Å². The van der Waals surface area contributed by atoms with Crippen molar-refractivity contribution < 1.29 is 0 Å². The van der Waals surface area contributed by atoms with Crippen molar-refractivity contribution in [3.63, 3.8) is 0 Å². The minimum absolute atomic E-state index is 0.908. The first-order chi connectivity index (χ1) is 21.8. The van der Waals surface area contributed by atoms with Crippen molar-refractivity contribution >= 4 is 43.6 Å². The van der Waals surface area contributed by atoms with Gasteiger partial charge in [0.1, 0.15) is 5.82 Å². The zero-order chi connectivity index (χ0) is 29.0. The molecule has 206 valence electrons. The normalized spacial score (nSPS) is 11.6. The molecule has 0 unspecified atom stereocenters. The Morgan fingerprint density at radius 1 is 0.386 bits per heavy atom. The fraction of sp³-hybridized carbons (Fsp3) is 0. The van der Waals surface area contributed by atoms with Gasteiger partial charge in [-0.2, -0.15) is 0 Å². The van der Waals surface area contributed by atoms with Gasteiger partial charge in [0, 0.05) is 32.8 Å². The van der Waals surface area contributed by atoms with E-state index in [4.69, 9.17) is 4.98 Å². The standard InChI is InChI=1S/C41H27N3/c1-3-13-28(14-4-1)30-17-11-18-31(27-30)43-36-22-9-7-19-32(36)33-25-26-38-40(41(33)43)34-20-8-10-23-37(34)44(38)39-24-12-21-35(42-39)29-15-5-2-6-16-29/h1-27H. The van der Waals surface area contributed by atoms with Gasteiger partial charge in [0.15, 0.2) is 0 Å². The summed E-state index contributed by atoms with van der Waals surface area (Å²) < 4.78 is 4.77. The van der Waals surface area contributed by atoms with E-state index in [1.54, 1.807) is 0 Å². The summed E-state index contributed by atoms with van der Waals surface area (Å²) in [6.45, 7) is 0. The largest absolute Gasteiger partial charge is 0.309 e. The Kier molecular flexibility index (Phi) is 5.50. The third kappa shape index (κ3) is 3.73. The lowest BCUT2D eigenvalue weighted by atomic mass is 10.0. The summed E-state index contributed by atoms with van der Waals surface area (Å²) in [5, 5.41) is 4.93. The molecule has 0 bridgehead atoms. The predicted octanol–water partition coefficient (Wildman–Crippen LogP) is 10.6. The highest BCUT2D eigenvalue weighted by Gasteiger charge is 2.21. The van der Waals surface area contributed by atoms with Crippen molar-refractivity contribution in [2.24, 2.45) is 0 Å². The van der Waals surface area contributed by atoms with Gasteiger partial charge in [-0.05, 0) is 53.6 Å². The van der Waals surface area contributed by atoms with Crippen LogP contribution in [0.1, 0.15) is 0 Å². The molecule has 0 fully saturated rings. The number of pyridine rings is 1. The van der Waals surface area contributed by atoms with Crippen molar-refractivity contribution in [3.8, 4) is 33.9 Å². The number of para-hydroxylation sites is 2. The second-order valence-corrected chi connectivity index (χ2v) is 11.2. The third-order valence-corrected chi connectivity index (χ3v) is 8.71. The van der Waals surface area contributed by atoms with Crippen LogP contribution in [0.5, 0.6) is 0 Å². The van der Waals surface area contributed by atoms with E-state index in [1.807, 2.05) is 6.07 Å². The maximum atomic E-state index is 5.19. The molecule has 0 aliphatic heterocycles. The van der Waals surface area contributed by atoms with Crippen LogP contribution in [-0.4, -0.2) is 14.1 Å². The summed E-state index contributed by atoms with van der Waals surface area (Å²) in [5.74, 6) is 0.908. The molecule has 6 aromatic carbocycles. The second kappa shape index (κ2) is 9.82. The number of rotatable bonds is 4. The van der Waals surface area contributed by atoms with Crippen molar-refractivity contribution in [1.82, 2.24) is 14.1 Å². The third-order valence-electron chi connectivity index (χ3n) is 8.71. The molecule has 44 heavy (non-hydrogen) atoms. The fourth-order valence-electron chi connectivity index (χ4n) is 6.80. The lowest BCUT2D eigenvalue weighted by molar-refractivity contribution is 1.08. The van der Waals surface area contributed by atoms with Crippen molar-refractivity contribution in [2.45, 2.75) is 0 Å². The van der Waals surface area contributed by atoms with Crippen LogP contribution in [0.4, 0.5) is 0 Å². The number of benzene rings is 6. The molecule has 3 heterocycles.